The average Bonchev–Trinajstić information content (AvgIpc) is 2.38. The fourth-order valence-corrected chi connectivity index (χ4v) is 2.04. The van der Waals surface area contributed by atoms with Crippen LogP contribution in [0.5, 0.6) is 0 Å². The third-order valence-corrected chi connectivity index (χ3v) is 3.02. The molecule has 0 bridgehead atoms. The Hall–Kier alpha value is -2.15. The summed E-state index contributed by atoms with van der Waals surface area (Å²) in [4.78, 5) is 39.7. The molecule has 19 heavy (non-hydrogen) atoms. The van der Waals surface area contributed by atoms with Crippen molar-refractivity contribution < 1.29 is 14.7 Å². The summed E-state index contributed by atoms with van der Waals surface area (Å²) in [7, 11) is 0. The minimum absolute atomic E-state index is 0.00972. The maximum atomic E-state index is 12.1. The predicted molar refractivity (Wildman–Crippen MR) is 67.0 cm³/mol. The van der Waals surface area contributed by atoms with E-state index in [1.54, 1.807) is 15.9 Å². The van der Waals surface area contributed by atoms with Crippen LogP contribution in [-0.4, -0.2) is 64.5 Å². The van der Waals surface area contributed by atoms with E-state index in [0.29, 0.717) is 26.2 Å². The average molecular weight is 265 g/mol. The third-order valence-electron chi connectivity index (χ3n) is 3.02. The number of H-pyrrole nitrogens is 1. The van der Waals surface area contributed by atoms with Crippen LogP contribution in [0.15, 0.2) is 23.0 Å². The van der Waals surface area contributed by atoms with Gasteiger partial charge in [-0.05, 0) is 6.07 Å². The fraction of sp³-hybridized carbons (Fsp3) is 0.417. The largest absolute Gasteiger partial charge is 0.480 e. The van der Waals surface area contributed by atoms with Gasteiger partial charge < -0.3 is 15.0 Å². The van der Waals surface area contributed by atoms with Crippen molar-refractivity contribution in [2.45, 2.75) is 0 Å². The molecule has 2 N–H and O–H groups in total. The first-order valence-electron chi connectivity index (χ1n) is 5.99. The molecule has 1 aliphatic rings. The number of carbonyl (C=O) groups is 2. The second-order valence-electron chi connectivity index (χ2n) is 4.39. The van der Waals surface area contributed by atoms with Gasteiger partial charge in [0, 0.05) is 32.2 Å². The summed E-state index contributed by atoms with van der Waals surface area (Å²) in [6, 6.07) is 4.45. The summed E-state index contributed by atoms with van der Waals surface area (Å²) in [5, 5.41) is 8.69. The molecule has 7 heteroatoms. The van der Waals surface area contributed by atoms with Gasteiger partial charge in [-0.25, -0.2) is 0 Å². The van der Waals surface area contributed by atoms with Gasteiger partial charge in [-0.2, -0.15) is 0 Å². The Morgan fingerprint density at radius 2 is 1.89 bits per heavy atom. The molecule has 1 saturated heterocycles. The van der Waals surface area contributed by atoms with E-state index >= 15 is 0 Å². The first-order valence-corrected chi connectivity index (χ1v) is 5.99. The molecule has 0 spiro atoms. The van der Waals surface area contributed by atoms with Gasteiger partial charge >= 0.3 is 5.97 Å². The molecule has 1 amide bonds. The number of carbonyl (C=O) groups excluding carboxylic acids is 1. The molecular formula is C12H15N3O4. The number of carboxylic acids is 1. The molecule has 1 aromatic heterocycles. The predicted octanol–water partition coefficient (Wildman–Crippen LogP) is -0.783. The normalized spacial score (nSPS) is 16.3. The van der Waals surface area contributed by atoms with E-state index < -0.39 is 5.97 Å². The SMILES string of the molecule is O=C(O)CN1CCN(C(=O)c2cccc(=O)[nH]2)CC1. The molecular weight excluding hydrogens is 250 g/mol. The van der Waals surface area contributed by atoms with Crippen LogP contribution in [0.2, 0.25) is 0 Å². The van der Waals surface area contributed by atoms with Crippen molar-refractivity contribution in [2.24, 2.45) is 0 Å². The van der Waals surface area contributed by atoms with E-state index in [1.807, 2.05) is 0 Å². The van der Waals surface area contributed by atoms with Crippen molar-refractivity contribution in [1.82, 2.24) is 14.8 Å². The van der Waals surface area contributed by atoms with Crippen LogP contribution in [0.1, 0.15) is 10.5 Å². The number of rotatable bonds is 3. The van der Waals surface area contributed by atoms with Gasteiger partial charge in [-0.1, -0.05) is 6.07 Å². The van der Waals surface area contributed by atoms with Crippen molar-refractivity contribution in [3.05, 3.63) is 34.2 Å². The molecule has 0 saturated carbocycles. The number of aromatic nitrogens is 1. The Kier molecular flexibility index (Phi) is 3.96. The molecule has 0 radical (unpaired) electrons. The van der Waals surface area contributed by atoms with Gasteiger partial charge in [-0.3, -0.25) is 19.3 Å². The molecule has 2 rings (SSSR count). The van der Waals surface area contributed by atoms with E-state index in [9.17, 15) is 14.4 Å². The van der Waals surface area contributed by atoms with Crippen molar-refractivity contribution in [1.29, 1.82) is 0 Å². The monoisotopic (exact) mass is 265 g/mol. The number of hydrogen-bond donors (Lipinski definition) is 2. The van der Waals surface area contributed by atoms with Crippen LogP contribution in [0, 0.1) is 0 Å². The summed E-state index contributed by atoms with van der Waals surface area (Å²) in [5.41, 5.74) is -0.0467. The zero-order valence-electron chi connectivity index (χ0n) is 10.3. The number of pyridine rings is 1. The highest BCUT2D eigenvalue weighted by Gasteiger charge is 2.23. The van der Waals surface area contributed by atoms with Gasteiger partial charge in [0.15, 0.2) is 0 Å². The Morgan fingerprint density at radius 1 is 1.21 bits per heavy atom. The molecule has 0 atom stereocenters. The van der Waals surface area contributed by atoms with E-state index in [0.717, 1.165) is 0 Å². The van der Waals surface area contributed by atoms with Crippen LogP contribution in [0.3, 0.4) is 0 Å². The summed E-state index contributed by atoms with van der Waals surface area (Å²) in [5.74, 6) is -1.10. The Bertz CT molecular complexity index is 532. The van der Waals surface area contributed by atoms with Crippen molar-refractivity contribution >= 4 is 11.9 Å². The van der Waals surface area contributed by atoms with Gasteiger partial charge in [-0.15, -0.1) is 0 Å². The minimum Gasteiger partial charge on any atom is -0.480 e. The highest BCUT2D eigenvalue weighted by atomic mass is 16.4. The lowest BCUT2D eigenvalue weighted by Crippen LogP contribution is -2.50. The summed E-state index contributed by atoms with van der Waals surface area (Å²) in [6.07, 6.45) is 0. The summed E-state index contributed by atoms with van der Waals surface area (Å²) in [6.45, 7) is 1.96. The van der Waals surface area contributed by atoms with Crippen LogP contribution in [0.4, 0.5) is 0 Å². The van der Waals surface area contributed by atoms with Crippen molar-refractivity contribution in [2.75, 3.05) is 32.7 Å². The number of aromatic amines is 1. The molecule has 2 heterocycles. The number of amides is 1. The first-order chi connectivity index (χ1) is 9.06. The van der Waals surface area contributed by atoms with Crippen molar-refractivity contribution in [3.8, 4) is 0 Å². The molecule has 7 nitrogen and oxygen atoms in total. The van der Waals surface area contributed by atoms with Crippen LogP contribution < -0.4 is 5.56 Å². The first kappa shape index (κ1) is 13.3. The maximum absolute atomic E-state index is 12.1. The molecule has 0 unspecified atom stereocenters. The van der Waals surface area contributed by atoms with E-state index in [-0.39, 0.29) is 23.7 Å². The quantitative estimate of drug-likeness (QED) is 0.747. The van der Waals surface area contributed by atoms with E-state index in [1.165, 1.54) is 12.1 Å². The van der Waals surface area contributed by atoms with Crippen LogP contribution in [0.25, 0.3) is 0 Å². The van der Waals surface area contributed by atoms with Gasteiger partial charge in [0.2, 0.25) is 5.56 Å². The topological polar surface area (TPSA) is 93.7 Å². The standard InChI is InChI=1S/C12H15N3O4/c16-10-3-1-2-9(13-10)12(19)15-6-4-14(5-7-15)8-11(17)18/h1-3H,4-8H2,(H,13,16)(H,17,18). The number of aliphatic carboxylic acids is 1. The number of nitrogens with zero attached hydrogens (tertiary/aromatic N) is 2. The highest BCUT2D eigenvalue weighted by Crippen LogP contribution is 2.05. The number of hydrogen-bond acceptors (Lipinski definition) is 4. The summed E-state index contributed by atoms with van der Waals surface area (Å²) < 4.78 is 0. The summed E-state index contributed by atoms with van der Waals surface area (Å²) >= 11 is 0. The van der Waals surface area contributed by atoms with Gasteiger partial charge in [0.1, 0.15) is 5.69 Å². The lowest BCUT2D eigenvalue weighted by molar-refractivity contribution is -0.138. The Morgan fingerprint density at radius 3 is 2.47 bits per heavy atom. The zero-order valence-corrected chi connectivity index (χ0v) is 10.3. The smallest absolute Gasteiger partial charge is 0.317 e. The molecule has 1 aliphatic heterocycles. The van der Waals surface area contributed by atoms with Crippen LogP contribution >= 0.6 is 0 Å². The Labute approximate surface area is 109 Å². The van der Waals surface area contributed by atoms with Crippen LogP contribution in [-0.2, 0) is 4.79 Å². The number of nitrogens with one attached hydrogen (secondary N) is 1. The van der Waals surface area contributed by atoms with E-state index in [4.69, 9.17) is 5.11 Å². The second-order valence-corrected chi connectivity index (χ2v) is 4.39. The third kappa shape index (κ3) is 3.41. The molecule has 0 aromatic carbocycles. The molecule has 102 valence electrons. The zero-order chi connectivity index (χ0) is 13.8. The second kappa shape index (κ2) is 5.66. The number of piperazine rings is 1. The van der Waals surface area contributed by atoms with Crippen molar-refractivity contribution in [3.63, 3.8) is 0 Å². The van der Waals surface area contributed by atoms with Gasteiger partial charge in [0.25, 0.3) is 5.91 Å². The maximum Gasteiger partial charge on any atom is 0.317 e. The highest BCUT2D eigenvalue weighted by molar-refractivity contribution is 5.92. The van der Waals surface area contributed by atoms with Gasteiger partial charge in [0.05, 0.1) is 6.54 Å². The Balaban J connectivity index is 1.96. The number of carboxylic acid groups (broad SMARTS) is 1. The molecule has 1 fully saturated rings. The van der Waals surface area contributed by atoms with E-state index in [2.05, 4.69) is 4.98 Å². The lowest BCUT2D eigenvalue weighted by atomic mass is 10.2. The minimum atomic E-state index is -0.868. The molecule has 0 aliphatic carbocycles. The fourth-order valence-electron chi connectivity index (χ4n) is 2.04. The molecule has 1 aromatic rings. The lowest BCUT2D eigenvalue weighted by Gasteiger charge is -2.33.